The van der Waals surface area contributed by atoms with Crippen LogP contribution < -0.4 is 5.73 Å². The minimum atomic E-state index is -3.73. The van der Waals surface area contributed by atoms with Crippen LogP contribution in [0.15, 0.2) is 23.1 Å². The molecule has 1 aliphatic heterocycles. The van der Waals surface area contributed by atoms with Crippen molar-refractivity contribution in [3.8, 4) is 0 Å². The van der Waals surface area contributed by atoms with Crippen LogP contribution in [0.1, 0.15) is 26.7 Å². The monoisotopic (exact) mass is 313 g/mol. The minimum Gasteiger partial charge on any atom is -0.397 e. The number of sulfonamides is 1. The number of piperidine rings is 1. The van der Waals surface area contributed by atoms with Gasteiger partial charge in [0.25, 0.3) is 5.69 Å². The zero-order valence-electron chi connectivity index (χ0n) is 12.0. The molecule has 2 unspecified atom stereocenters. The van der Waals surface area contributed by atoms with E-state index in [1.54, 1.807) is 0 Å². The van der Waals surface area contributed by atoms with E-state index in [0.29, 0.717) is 6.54 Å². The van der Waals surface area contributed by atoms with Gasteiger partial charge in [0.15, 0.2) is 0 Å². The van der Waals surface area contributed by atoms with Gasteiger partial charge in [0.05, 0.1) is 10.6 Å². The number of hydrogen-bond acceptors (Lipinski definition) is 5. The van der Waals surface area contributed by atoms with Gasteiger partial charge in [-0.2, -0.15) is 4.31 Å². The second-order valence-corrected chi connectivity index (χ2v) is 7.31. The predicted molar refractivity (Wildman–Crippen MR) is 79.3 cm³/mol. The molecule has 0 bridgehead atoms. The molecule has 0 saturated carbocycles. The van der Waals surface area contributed by atoms with Crippen LogP contribution in [0.5, 0.6) is 0 Å². The third-order valence-corrected chi connectivity index (χ3v) is 6.17. The number of anilines is 1. The van der Waals surface area contributed by atoms with Crippen molar-refractivity contribution in [2.75, 3.05) is 12.3 Å². The second-order valence-electron chi connectivity index (χ2n) is 5.46. The van der Waals surface area contributed by atoms with Crippen LogP contribution in [-0.2, 0) is 10.0 Å². The van der Waals surface area contributed by atoms with Crippen LogP contribution >= 0.6 is 0 Å². The summed E-state index contributed by atoms with van der Waals surface area (Å²) in [6.45, 7) is 4.35. The van der Waals surface area contributed by atoms with Crippen LogP contribution in [0.25, 0.3) is 0 Å². The largest absolute Gasteiger partial charge is 0.397 e. The van der Waals surface area contributed by atoms with Crippen molar-refractivity contribution < 1.29 is 13.3 Å². The lowest BCUT2D eigenvalue weighted by Crippen LogP contribution is -2.46. The molecule has 0 radical (unpaired) electrons. The summed E-state index contributed by atoms with van der Waals surface area (Å²) in [5.41, 5.74) is 5.42. The fourth-order valence-electron chi connectivity index (χ4n) is 2.65. The van der Waals surface area contributed by atoms with Gasteiger partial charge in [-0.05, 0) is 31.7 Å². The highest BCUT2D eigenvalue weighted by atomic mass is 32.2. The number of hydrogen-bond donors (Lipinski definition) is 1. The van der Waals surface area contributed by atoms with Crippen molar-refractivity contribution in [2.24, 2.45) is 5.92 Å². The number of nitrogen functional groups attached to an aromatic ring is 1. The first-order valence-electron chi connectivity index (χ1n) is 6.81. The Bertz CT molecular complexity index is 659. The van der Waals surface area contributed by atoms with Gasteiger partial charge in [0, 0.05) is 24.7 Å². The molecule has 0 amide bonds. The van der Waals surface area contributed by atoms with Gasteiger partial charge in [-0.25, -0.2) is 8.42 Å². The van der Waals surface area contributed by atoms with Crippen molar-refractivity contribution in [2.45, 2.75) is 37.6 Å². The van der Waals surface area contributed by atoms with Gasteiger partial charge in [-0.1, -0.05) is 6.92 Å². The molecule has 1 saturated heterocycles. The summed E-state index contributed by atoms with van der Waals surface area (Å²) < 4.78 is 26.9. The Kier molecular flexibility index (Phi) is 4.20. The molecule has 1 heterocycles. The molecule has 1 fully saturated rings. The van der Waals surface area contributed by atoms with E-state index in [4.69, 9.17) is 5.73 Å². The second kappa shape index (κ2) is 5.61. The average molecular weight is 313 g/mol. The summed E-state index contributed by atoms with van der Waals surface area (Å²) in [7, 11) is -3.73. The summed E-state index contributed by atoms with van der Waals surface area (Å²) in [4.78, 5) is 10.0. The zero-order valence-corrected chi connectivity index (χ0v) is 12.8. The van der Waals surface area contributed by atoms with Crippen molar-refractivity contribution in [3.05, 3.63) is 28.3 Å². The predicted octanol–water partition coefficient (Wildman–Crippen LogP) is 1.99. The summed E-state index contributed by atoms with van der Waals surface area (Å²) >= 11 is 0. The third-order valence-electron chi connectivity index (χ3n) is 4.11. The Morgan fingerprint density at radius 1 is 1.38 bits per heavy atom. The van der Waals surface area contributed by atoms with Gasteiger partial charge in [-0.3, -0.25) is 10.1 Å². The molecule has 0 spiro atoms. The lowest BCUT2D eigenvalue weighted by atomic mass is 9.94. The first kappa shape index (κ1) is 15.7. The Hall–Kier alpha value is -1.67. The van der Waals surface area contributed by atoms with E-state index in [0.717, 1.165) is 18.9 Å². The smallest absolute Gasteiger partial charge is 0.271 e. The number of nitro benzene ring substituents is 1. The fraction of sp³-hybridized carbons (Fsp3) is 0.538. The van der Waals surface area contributed by atoms with Crippen LogP contribution in [0.2, 0.25) is 0 Å². The van der Waals surface area contributed by atoms with Gasteiger partial charge < -0.3 is 5.73 Å². The maximum atomic E-state index is 12.7. The molecular formula is C13H19N3O4S. The quantitative estimate of drug-likeness (QED) is 0.521. The van der Waals surface area contributed by atoms with Crippen molar-refractivity contribution in [3.63, 3.8) is 0 Å². The van der Waals surface area contributed by atoms with Crippen molar-refractivity contribution in [1.29, 1.82) is 0 Å². The molecule has 2 atom stereocenters. The molecule has 0 aromatic heterocycles. The van der Waals surface area contributed by atoms with Crippen LogP contribution in [0, 0.1) is 16.0 Å². The van der Waals surface area contributed by atoms with Crippen LogP contribution in [0.4, 0.5) is 11.4 Å². The maximum absolute atomic E-state index is 12.7. The lowest BCUT2D eigenvalue weighted by molar-refractivity contribution is -0.384. The zero-order chi connectivity index (χ0) is 15.8. The highest BCUT2D eigenvalue weighted by molar-refractivity contribution is 7.89. The van der Waals surface area contributed by atoms with Crippen molar-refractivity contribution in [1.82, 2.24) is 4.31 Å². The van der Waals surface area contributed by atoms with E-state index >= 15 is 0 Å². The molecule has 2 rings (SSSR count). The summed E-state index contributed by atoms with van der Waals surface area (Å²) in [5, 5.41) is 10.7. The van der Waals surface area contributed by atoms with Gasteiger partial charge >= 0.3 is 0 Å². The highest BCUT2D eigenvalue weighted by Gasteiger charge is 2.35. The summed E-state index contributed by atoms with van der Waals surface area (Å²) in [5.74, 6) is 0.271. The Morgan fingerprint density at radius 3 is 2.62 bits per heavy atom. The summed E-state index contributed by atoms with van der Waals surface area (Å²) in [6, 6.07) is 3.36. The van der Waals surface area contributed by atoms with E-state index in [2.05, 4.69) is 0 Å². The summed E-state index contributed by atoms with van der Waals surface area (Å²) in [6.07, 6.45) is 1.79. The van der Waals surface area contributed by atoms with Gasteiger partial charge in [-0.15, -0.1) is 0 Å². The fourth-order valence-corrected chi connectivity index (χ4v) is 4.51. The van der Waals surface area contributed by atoms with Gasteiger partial charge in [0.2, 0.25) is 10.0 Å². The van der Waals surface area contributed by atoms with E-state index < -0.39 is 14.9 Å². The third kappa shape index (κ3) is 2.86. The molecule has 1 aliphatic rings. The van der Waals surface area contributed by atoms with E-state index in [-0.39, 0.29) is 28.2 Å². The van der Waals surface area contributed by atoms with E-state index in [1.807, 2.05) is 13.8 Å². The highest BCUT2D eigenvalue weighted by Crippen LogP contribution is 2.32. The number of nitro groups is 1. The molecule has 8 heteroatoms. The molecule has 1 aromatic carbocycles. The molecule has 1 aromatic rings. The molecule has 2 N–H and O–H groups in total. The number of nitrogens with two attached hydrogens (primary N) is 1. The first-order valence-corrected chi connectivity index (χ1v) is 8.25. The molecule has 116 valence electrons. The average Bonchev–Trinajstić information content (AvgIpc) is 2.41. The molecule has 21 heavy (non-hydrogen) atoms. The number of non-ortho nitro benzene ring substituents is 1. The molecule has 0 aliphatic carbocycles. The lowest BCUT2D eigenvalue weighted by Gasteiger charge is -2.36. The van der Waals surface area contributed by atoms with Crippen molar-refractivity contribution >= 4 is 21.4 Å². The Morgan fingerprint density at radius 2 is 2.05 bits per heavy atom. The number of nitrogens with zero attached hydrogens (tertiary/aromatic N) is 2. The first-order chi connectivity index (χ1) is 9.75. The SMILES string of the molecule is CC1CCCN(S(=O)(=O)c2ccc([N+](=O)[O-])cc2N)C1C. The molecule has 7 nitrogen and oxygen atoms in total. The number of benzene rings is 1. The van der Waals surface area contributed by atoms with Gasteiger partial charge in [0.1, 0.15) is 4.90 Å². The minimum absolute atomic E-state index is 0.0611. The standard InChI is InChI=1S/C13H19N3O4S/c1-9-4-3-7-15(10(9)2)21(19,20)13-6-5-11(16(17)18)8-12(13)14/h5-6,8-10H,3-4,7,14H2,1-2H3. The Labute approximate surface area is 123 Å². The number of rotatable bonds is 3. The van der Waals surface area contributed by atoms with E-state index in [9.17, 15) is 18.5 Å². The topological polar surface area (TPSA) is 107 Å². The van der Waals surface area contributed by atoms with Crippen LogP contribution in [0.3, 0.4) is 0 Å². The maximum Gasteiger partial charge on any atom is 0.271 e. The Balaban J connectivity index is 2.42. The van der Waals surface area contributed by atoms with E-state index in [1.165, 1.54) is 16.4 Å². The molecular weight excluding hydrogens is 294 g/mol. The normalized spacial score (nSPS) is 23.9. The van der Waals surface area contributed by atoms with Crippen LogP contribution in [-0.4, -0.2) is 30.2 Å².